The Bertz CT molecular complexity index is 1100. The summed E-state index contributed by atoms with van der Waals surface area (Å²) in [5.74, 6) is 1.59. The zero-order valence-corrected chi connectivity index (χ0v) is 20.1. The molecule has 1 N–H and O–H groups in total. The molecule has 3 rings (SSSR count). The molecule has 5 nitrogen and oxygen atoms in total. The third-order valence-electron chi connectivity index (χ3n) is 5.31. The summed E-state index contributed by atoms with van der Waals surface area (Å²) in [5, 5.41) is 3.58. The van der Waals surface area contributed by atoms with Gasteiger partial charge < -0.3 is 19.5 Å². The molecule has 34 heavy (non-hydrogen) atoms. The van der Waals surface area contributed by atoms with Crippen molar-refractivity contribution in [3.8, 4) is 11.5 Å². The molecule has 0 aliphatic rings. The van der Waals surface area contributed by atoms with Gasteiger partial charge in [-0.05, 0) is 73.3 Å². The van der Waals surface area contributed by atoms with Gasteiger partial charge in [-0.3, -0.25) is 4.99 Å². The van der Waals surface area contributed by atoms with Gasteiger partial charge in [0.1, 0.15) is 11.5 Å². The molecule has 0 saturated carbocycles. The van der Waals surface area contributed by atoms with Gasteiger partial charge in [-0.15, -0.1) is 0 Å². The number of ether oxygens (including phenoxy) is 3. The summed E-state index contributed by atoms with van der Waals surface area (Å²) in [6.45, 7) is 7.82. The van der Waals surface area contributed by atoms with Crippen LogP contribution in [-0.2, 0) is 11.3 Å². The lowest BCUT2D eigenvalue weighted by Gasteiger charge is -2.16. The molecule has 176 valence electrons. The summed E-state index contributed by atoms with van der Waals surface area (Å²) in [4.78, 5) is 4.38. The van der Waals surface area contributed by atoms with Crippen molar-refractivity contribution in [2.75, 3.05) is 27.4 Å². The van der Waals surface area contributed by atoms with Crippen molar-refractivity contribution in [2.45, 2.75) is 13.5 Å². The van der Waals surface area contributed by atoms with E-state index in [1.807, 2.05) is 61.5 Å². The maximum Gasteiger partial charge on any atom is 0.118 e. The maximum atomic E-state index is 5.35. The molecule has 0 bridgehead atoms. The maximum absolute atomic E-state index is 5.35. The van der Waals surface area contributed by atoms with Crippen LogP contribution in [0.1, 0.15) is 29.2 Å². The van der Waals surface area contributed by atoms with Gasteiger partial charge in [0.2, 0.25) is 0 Å². The highest BCUT2D eigenvalue weighted by Gasteiger charge is 2.12. The molecule has 0 unspecified atom stereocenters. The summed E-state index contributed by atoms with van der Waals surface area (Å²) >= 11 is 0. The Kier molecular flexibility index (Phi) is 9.50. The Hall–Kier alpha value is -3.83. The summed E-state index contributed by atoms with van der Waals surface area (Å²) < 4.78 is 16.0. The minimum absolute atomic E-state index is 0.624. The summed E-state index contributed by atoms with van der Waals surface area (Å²) in [6.07, 6.45) is 4.09. The zero-order valence-electron chi connectivity index (χ0n) is 20.1. The smallest absolute Gasteiger partial charge is 0.118 e. The number of hydrogen-bond donors (Lipinski definition) is 1. The number of nitrogens with one attached hydrogen (secondary N) is 1. The van der Waals surface area contributed by atoms with Gasteiger partial charge in [0.05, 0.1) is 32.2 Å². The lowest BCUT2D eigenvalue weighted by Crippen LogP contribution is -2.13. The minimum atomic E-state index is 0.624. The molecule has 0 atom stereocenters. The highest BCUT2D eigenvalue weighted by molar-refractivity contribution is 5.90. The molecule has 3 aromatic carbocycles. The number of hydrogen-bond acceptors (Lipinski definition) is 5. The van der Waals surface area contributed by atoms with Crippen LogP contribution in [-0.4, -0.2) is 34.2 Å². The van der Waals surface area contributed by atoms with E-state index in [4.69, 9.17) is 14.2 Å². The normalized spacial score (nSPS) is 11.7. The predicted molar refractivity (Wildman–Crippen MR) is 141 cm³/mol. The van der Waals surface area contributed by atoms with Crippen molar-refractivity contribution in [3.05, 3.63) is 101 Å². The average Bonchev–Trinajstić information content (AvgIpc) is 2.90. The monoisotopic (exact) mass is 456 g/mol. The summed E-state index contributed by atoms with van der Waals surface area (Å²) in [6, 6.07) is 24.2. The third kappa shape index (κ3) is 6.83. The Balaban J connectivity index is 1.87. The molecule has 0 amide bonds. The molecule has 0 saturated heterocycles. The van der Waals surface area contributed by atoms with Gasteiger partial charge in [-0.2, -0.15) is 0 Å². The molecule has 0 radical (unpaired) electrons. The van der Waals surface area contributed by atoms with Gasteiger partial charge in [-0.25, -0.2) is 0 Å². The second kappa shape index (κ2) is 13.0. The molecule has 0 aromatic heterocycles. The summed E-state index contributed by atoms with van der Waals surface area (Å²) in [7, 11) is 3.32. The molecule has 0 aliphatic heterocycles. The fourth-order valence-electron chi connectivity index (χ4n) is 3.45. The van der Waals surface area contributed by atoms with E-state index < -0.39 is 0 Å². The molecule has 0 fully saturated rings. The lowest BCUT2D eigenvalue weighted by molar-refractivity contribution is 0.178. The molecule has 0 aliphatic carbocycles. The molecule has 0 spiro atoms. The van der Waals surface area contributed by atoms with Crippen LogP contribution < -0.4 is 14.8 Å². The van der Waals surface area contributed by atoms with Gasteiger partial charge in [0.15, 0.2) is 0 Å². The number of aliphatic imine (C=N–C) groups is 1. The van der Waals surface area contributed by atoms with Gasteiger partial charge >= 0.3 is 0 Å². The first-order valence-corrected chi connectivity index (χ1v) is 11.3. The van der Waals surface area contributed by atoms with E-state index in [0.717, 1.165) is 51.8 Å². The first-order chi connectivity index (χ1) is 16.7. The topological polar surface area (TPSA) is 52.1 Å². The van der Waals surface area contributed by atoms with Crippen LogP contribution >= 0.6 is 0 Å². The van der Waals surface area contributed by atoms with Crippen molar-refractivity contribution in [1.29, 1.82) is 0 Å². The van der Waals surface area contributed by atoms with E-state index >= 15 is 0 Å². The van der Waals surface area contributed by atoms with Crippen LogP contribution in [0.25, 0.3) is 17.5 Å². The molecule has 0 heterocycles. The SMILES string of the molecule is C=N/C(=C(\NCc1ccc(/C=C/COCC)cc1)c1ccc(OC)cc1)c1ccc(OC)cc1. The van der Waals surface area contributed by atoms with E-state index in [2.05, 4.69) is 47.4 Å². The van der Waals surface area contributed by atoms with Crippen molar-refractivity contribution in [1.82, 2.24) is 5.32 Å². The van der Waals surface area contributed by atoms with Gasteiger partial charge in [0.25, 0.3) is 0 Å². The number of nitrogens with zero attached hydrogens (tertiary/aromatic N) is 1. The fourth-order valence-corrected chi connectivity index (χ4v) is 3.45. The fraction of sp³-hybridized carbons (Fsp3) is 0.207. The van der Waals surface area contributed by atoms with E-state index in [-0.39, 0.29) is 0 Å². The second-order valence-electron chi connectivity index (χ2n) is 7.50. The standard InChI is InChI=1S/C29H32N2O3/c1-5-34-20-6-7-22-8-10-23(11-9-22)21-31-29(25-14-18-27(33-4)19-15-25)28(30-2)24-12-16-26(32-3)17-13-24/h6-19,31H,2,5,20-21H2,1,3-4H3/b7-6+,29-28-. The van der Waals surface area contributed by atoms with Crippen LogP contribution in [0, 0.1) is 0 Å². The third-order valence-corrected chi connectivity index (χ3v) is 5.31. The Morgan fingerprint density at radius 2 is 1.44 bits per heavy atom. The van der Waals surface area contributed by atoms with Crippen molar-refractivity contribution in [3.63, 3.8) is 0 Å². The molecular formula is C29H32N2O3. The minimum Gasteiger partial charge on any atom is -0.497 e. The largest absolute Gasteiger partial charge is 0.497 e. The average molecular weight is 457 g/mol. The summed E-state index contributed by atoms with van der Waals surface area (Å²) in [5.41, 5.74) is 5.90. The van der Waals surface area contributed by atoms with E-state index in [1.165, 1.54) is 0 Å². The first kappa shape index (κ1) is 24.8. The van der Waals surface area contributed by atoms with Crippen LogP contribution in [0.3, 0.4) is 0 Å². The van der Waals surface area contributed by atoms with Gasteiger partial charge in [0, 0.05) is 24.3 Å². The van der Waals surface area contributed by atoms with E-state index in [9.17, 15) is 0 Å². The first-order valence-electron chi connectivity index (χ1n) is 11.3. The lowest BCUT2D eigenvalue weighted by atomic mass is 10.0. The van der Waals surface area contributed by atoms with Crippen LogP contribution in [0.4, 0.5) is 0 Å². The number of benzene rings is 3. The van der Waals surface area contributed by atoms with Crippen molar-refractivity contribution in [2.24, 2.45) is 4.99 Å². The van der Waals surface area contributed by atoms with Gasteiger partial charge in [-0.1, -0.05) is 36.4 Å². The predicted octanol–water partition coefficient (Wildman–Crippen LogP) is 6.07. The van der Waals surface area contributed by atoms with Crippen molar-refractivity contribution >= 4 is 24.2 Å². The van der Waals surface area contributed by atoms with Crippen LogP contribution in [0.5, 0.6) is 11.5 Å². The molecule has 3 aromatic rings. The Morgan fingerprint density at radius 3 is 1.97 bits per heavy atom. The zero-order chi connectivity index (χ0) is 24.2. The highest BCUT2D eigenvalue weighted by Crippen LogP contribution is 2.28. The van der Waals surface area contributed by atoms with E-state index in [1.54, 1.807) is 14.2 Å². The number of rotatable bonds is 12. The van der Waals surface area contributed by atoms with E-state index in [0.29, 0.717) is 13.2 Å². The second-order valence-corrected chi connectivity index (χ2v) is 7.50. The highest BCUT2D eigenvalue weighted by atomic mass is 16.5. The Labute approximate surface area is 202 Å². The quantitative estimate of drug-likeness (QED) is 0.204. The molecular weight excluding hydrogens is 424 g/mol. The van der Waals surface area contributed by atoms with Crippen LogP contribution in [0.15, 0.2) is 83.9 Å². The van der Waals surface area contributed by atoms with Crippen molar-refractivity contribution < 1.29 is 14.2 Å². The van der Waals surface area contributed by atoms with Crippen LogP contribution in [0.2, 0.25) is 0 Å². The molecule has 5 heteroatoms. The number of methoxy groups -OCH3 is 2. The Morgan fingerprint density at radius 1 is 0.853 bits per heavy atom.